The van der Waals surface area contributed by atoms with Crippen molar-refractivity contribution in [1.29, 1.82) is 0 Å². The highest BCUT2D eigenvalue weighted by atomic mass is 35.5. The van der Waals surface area contributed by atoms with E-state index in [4.69, 9.17) is 11.6 Å². The molecule has 4 nitrogen and oxygen atoms in total. The van der Waals surface area contributed by atoms with E-state index in [0.29, 0.717) is 4.90 Å². The maximum absolute atomic E-state index is 12.3. The predicted octanol–water partition coefficient (Wildman–Crippen LogP) is 1.66. The Kier molecular flexibility index (Phi) is 4.39. The van der Waals surface area contributed by atoms with Crippen LogP contribution in [0.5, 0.6) is 0 Å². The number of aromatic nitrogens is 2. The van der Waals surface area contributed by atoms with Crippen LogP contribution in [0.15, 0.2) is 12.4 Å². The summed E-state index contributed by atoms with van der Waals surface area (Å²) >= 11 is 5.38. The van der Waals surface area contributed by atoms with Crippen LogP contribution in [0.2, 0.25) is 0 Å². The van der Waals surface area contributed by atoms with Gasteiger partial charge in [0.2, 0.25) is 0 Å². The molecule has 0 bridgehead atoms. The molecule has 0 N–H and O–H groups in total. The van der Waals surface area contributed by atoms with E-state index < -0.39 is 18.6 Å². The number of amides is 1. The smallest absolute Gasteiger partial charge is 0.328 e. The van der Waals surface area contributed by atoms with Crippen molar-refractivity contribution in [3.8, 4) is 0 Å². The number of aryl methyl sites for hydroxylation is 1. The molecule has 1 amide bonds. The molecule has 96 valence electrons. The Morgan fingerprint density at radius 3 is 2.65 bits per heavy atom. The van der Waals surface area contributed by atoms with E-state index in [-0.39, 0.29) is 18.0 Å². The lowest BCUT2D eigenvalue weighted by Gasteiger charge is -2.22. The zero-order chi connectivity index (χ0) is 13.1. The number of carbonyl (C=O) groups is 1. The fourth-order valence-electron chi connectivity index (χ4n) is 1.29. The van der Waals surface area contributed by atoms with Crippen molar-refractivity contribution in [3.63, 3.8) is 0 Å². The zero-order valence-electron chi connectivity index (χ0n) is 9.04. The van der Waals surface area contributed by atoms with Gasteiger partial charge in [-0.2, -0.15) is 18.3 Å². The molecule has 0 aliphatic carbocycles. The Labute approximate surface area is 101 Å². The fourth-order valence-corrected chi connectivity index (χ4v) is 1.49. The molecular weight excluding hydrogens is 259 g/mol. The molecule has 0 fully saturated rings. The third-order valence-corrected chi connectivity index (χ3v) is 2.13. The third-order valence-electron chi connectivity index (χ3n) is 1.96. The van der Waals surface area contributed by atoms with Gasteiger partial charge in [0, 0.05) is 25.7 Å². The number of hydrogen-bond acceptors (Lipinski definition) is 2. The molecule has 1 rings (SSSR count). The van der Waals surface area contributed by atoms with E-state index in [1.165, 1.54) is 17.1 Å². The van der Waals surface area contributed by atoms with Gasteiger partial charge in [0.05, 0.1) is 11.8 Å². The van der Waals surface area contributed by atoms with Crippen LogP contribution in [0.1, 0.15) is 10.4 Å². The summed E-state index contributed by atoms with van der Waals surface area (Å²) < 4.78 is 38.1. The molecule has 1 aromatic rings. The topological polar surface area (TPSA) is 38.1 Å². The Bertz CT molecular complexity index is 391. The first-order chi connectivity index (χ1) is 7.83. The Morgan fingerprint density at radius 1 is 1.59 bits per heavy atom. The Morgan fingerprint density at radius 2 is 2.24 bits per heavy atom. The molecule has 0 unspecified atom stereocenters. The average molecular weight is 270 g/mol. The quantitative estimate of drug-likeness (QED) is 0.780. The van der Waals surface area contributed by atoms with Gasteiger partial charge in [0.1, 0.15) is 6.54 Å². The van der Waals surface area contributed by atoms with Crippen LogP contribution in [-0.2, 0) is 7.05 Å². The summed E-state index contributed by atoms with van der Waals surface area (Å²) in [6, 6.07) is 0. The maximum atomic E-state index is 12.3. The second-order valence-corrected chi connectivity index (χ2v) is 3.81. The largest absolute Gasteiger partial charge is 0.406 e. The molecule has 17 heavy (non-hydrogen) atoms. The summed E-state index contributed by atoms with van der Waals surface area (Å²) in [6.07, 6.45) is -1.86. The van der Waals surface area contributed by atoms with Crippen LogP contribution in [0.4, 0.5) is 13.2 Å². The number of halogens is 4. The lowest BCUT2D eigenvalue weighted by Crippen LogP contribution is -2.40. The molecule has 0 spiro atoms. The first-order valence-electron chi connectivity index (χ1n) is 4.74. The van der Waals surface area contributed by atoms with E-state index in [1.807, 2.05) is 0 Å². The van der Waals surface area contributed by atoms with Crippen molar-refractivity contribution in [2.45, 2.75) is 6.18 Å². The highest BCUT2D eigenvalue weighted by Crippen LogP contribution is 2.18. The number of alkyl halides is 4. The SMILES string of the molecule is Cn1cc(C(=O)N(CCCl)CC(F)(F)F)cn1. The second kappa shape index (κ2) is 5.39. The molecule has 0 radical (unpaired) electrons. The Balaban J connectivity index is 2.80. The minimum absolute atomic E-state index is 0.0535. The summed E-state index contributed by atoms with van der Waals surface area (Å²) in [4.78, 5) is 12.4. The molecule has 1 heterocycles. The summed E-state index contributed by atoms with van der Waals surface area (Å²) in [6.45, 7) is -1.47. The zero-order valence-corrected chi connectivity index (χ0v) is 9.79. The normalized spacial score (nSPS) is 11.6. The lowest BCUT2D eigenvalue weighted by atomic mass is 10.3. The summed E-state index contributed by atoms with van der Waals surface area (Å²) in [7, 11) is 1.58. The van der Waals surface area contributed by atoms with Crippen LogP contribution < -0.4 is 0 Å². The molecule has 0 aliphatic heterocycles. The van der Waals surface area contributed by atoms with Crippen LogP contribution in [0, 0.1) is 0 Å². The molecule has 0 saturated heterocycles. The van der Waals surface area contributed by atoms with Gasteiger partial charge in [-0.25, -0.2) is 0 Å². The first-order valence-corrected chi connectivity index (χ1v) is 5.27. The van der Waals surface area contributed by atoms with Gasteiger partial charge < -0.3 is 4.90 Å². The molecule has 0 aliphatic rings. The third kappa shape index (κ3) is 4.26. The lowest BCUT2D eigenvalue weighted by molar-refractivity contribution is -0.140. The molecule has 1 aromatic heterocycles. The summed E-state index contributed by atoms with van der Waals surface area (Å²) in [5.74, 6) is -0.779. The van der Waals surface area contributed by atoms with Gasteiger partial charge in [0.15, 0.2) is 0 Å². The van der Waals surface area contributed by atoms with Crippen LogP contribution >= 0.6 is 11.6 Å². The number of carbonyl (C=O) groups excluding carboxylic acids is 1. The minimum Gasteiger partial charge on any atom is -0.328 e. The fraction of sp³-hybridized carbons (Fsp3) is 0.556. The van der Waals surface area contributed by atoms with E-state index in [2.05, 4.69) is 5.10 Å². The van der Waals surface area contributed by atoms with Gasteiger partial charge in [-0.05, 0) is 0 Å². The van der Waals surface area contributed by atoms with Crippen molar-refractivity contribution in [1.82, 2.24) is 14.7 Å². The van der Waals surface area contributed by atoms with Crippen molar-refractivity contribution >= 4 is 17.5 Å². The average Bonchev–Trinajstić information content (AvgIpc) is 2.61. The number of nitrogens with zero attached hydrogens (tertiary/aromatic N) is 3. The number of rotatable bonds is 4. The summed E-state index contributed by atoms with van der Waals surface area (Å²) in [5, 5.41) is 3.73. The van der Waals surface area contributed by atoms with Gasteiger partial charge in [-0.3, -0.25) is 9.48 Å². The highest BCUT2D eigenvalue weighted by molar-refractivity contribution is 6.18. The second-order valence-electron chi connectivity index (χ2n) is 3.43. The van der Waals surface area contributed by atoms with E-state index >= 15 is 0 Å². The van der Waals surface area contributed by atoms with Crippen molar-refractivity contribution in [3.05, 3.63) is 18.0 Å². The predicted molar refractivity (Wildman–Crippen MR) is 55.9 cm³/mol. The molecule has 0 atom stereocenters. The van der Waals surface area contributed by atoms with Crippen LogP contribution in [0.3, 0.4) is 0 Å². The molecular formula is C9H11ClF3N3O. The monoisotopic (exact) mass is 269 g/mol. The van der Waals surface area contributed by atoms with Gasteiger partial charge in [-0.15, -0.1) is 11.6 Å². The molecule has 0 saturated carbocycles. The van der Waals surface area contributed by atoms with E-state index in [0.717, 1.165) is 0 Å². The standard InChI is InChI=1S/C9H11ClF3N3O/c1-15-5-7(4-14-15)8(17)16(3-2-10)6-9(11,12)13/h4-5H,2-3,6H2,1H3. The highest BCUT2D eigenvalue weighted by Gasteiger charge is 2.33. The van der Waals surface area contributed by atoms with Crippen LogP contribution in [-0.4, -0.2) is 45.7 Å². The van der Waals surface area contributed by atoms with Crippen LogP contribution in [0.25, 0.3) is 0 Å². The first kappa shape index (κ1) is 13.8. The van der Waals surface area contributed by atoms with Gasteiger partial charge in [0.25, 0.3) is 5.91 Å². The van der Waals surface area contributed by atoms with Crippen molar-refractivity contribution in [2.75, 3.05) is 19.0 Å². The van der Waals surface area contributed by atoms with Crippen molar-refractivity contribution < 1.29 is 18.0 Å². The molecule has 8 heteroatoms. The minimum atomic E-state index is -4.44. The van der Waals surface area contributed by atoms with E-state index in [9.17, 15) is 18.0 Å². The maximum Gasteiger partial charge on any atom is 0.406 e. The Hall–Kier alpha value is -1.24. The summed E-state index contributed by atoms with van der Waals surface area (Å²) in [5.41, 5.74) is 0.113. The van der Waals surface area contributed by atoms with Gasteiger partial charge >= 0.3 is 6.18 Å². The van der Waals surface area contributed by atoms with E-state index in [1.54, 1.807) is 7.05 Å². The number of hydrogen-bond donors (Lipinski definition) is 0. The van der Waals surface area contributed by atoms with Crippen molar-refractivity contribution in [2.24, 2.45) is 7.05 Å². The molecule has 0 aromatic carbocycles. The van der Waals surface area contributed by atoms with Gasteiger partial charge in [-0.1, -0.05) is 0 Å².